The Hall–Kier alpha value is -2.62. The zero-order valence-electron chi connectivity index (χ0n) is 11.1. The lowest BCUT2D eigenvalue weighted by Crippen LogP contribution is -1.97. The van der Waals surface area contributed by atoms with Gasteiger partial charge in [-0.15, -0.1) is 0 Å². The molecular weight excluding hydrogens is 254 g/mol. The summed E-state index contributed by atoms with van der Waals surface area (Å²) in [6.07, 6.45) is 0. The number of para-hydroxylation sites is 1. The van der Waals surface area contributed by atoms with Crippen molar-refractivity contribution in [2.45, 2.75) is 6.54 Å². The molecule has 20 heavy (non-hydrogen) atoms. The van der Waals surface area contributed by atoms with E-state index in [1.54, 1.807) is 19.2 Å². The van der Waals surface area contributed by atoms with Crippen LogP contribution in [0.4, 0.5) is 5.69 Å². The maximum Gasteiger partial charge on any atom is 0.176 e. The Bertz CT molecular complexity index is 716. The molecule has 1 aromatic heterocycles. The van der Waals surface area contributed by atoms with Gasteiger partial charge in [0, 0.05) is 11.1 Å². The number of nitrogens with one attached hydrogen (secondary N) is 1. The van der Waals surface area contributed by atoms with E-state index in [0.29, 0.717) is 6.54 Å². The van der Waals surface area contributed by atoms with Crippen LogP contribution in [-0.4, -0.2) is 12.2 Å². The van der Waals surface area contributed by atoms with Gasteiger partial charge in [-0.1, -0.05) is 12.1 Å². The van der Waals surface area contributed by atoms with Crippen molar-refractivity contribution in [3.63, 3.8) is 0 Å². The van der Waals surface area contributed by atoms with Crippen molar-refractivity contribution in [1.29, 1.82) is 0 Å². The number of benzene rings is 2. The Morgan fingerprint density at radius 1 is 1.15 bits per heavy atom. The number of furan rings is 1. The Kier molecular flexibility index (Phi) is 3.21. The number of phenols is 1. The molecule has 102 valence electrons. The highest BCUT2D eigenvalue weighted by Crippen LogP contribution is 2.28. The van der Waals surface area contributed by atoms with E-state index >= 15 is 0 Å². The van der Waals surface area contributed by atoms with E-state index in [1.807, 2.05) is 36.4 Å². The lowest BCUT2D eigenvalue weighted by molar-refractivity contribution is 0.408. The van der Waals surface area contributed by atoms with Gasteiger partial charge in [0.15, 0.2) is 11.3 Å². The molecule has 3 rings (SSSR count). The third kappa shape index (κ3) is 2.40. The number of phenolic OH excluding ortho intramolecular Hbond substituents is 1. The highest BCUT2D eigenvalue weighted by molar-refractivity contribution is 5.83. The van der Waals surface area contributed by atoms with Gasteiger partial charge in [0.05, 0.1) is 13.7 Å². The summed E-state index contributed by atoms with van der Waals surface area (Å²) in [5.41, 5.74) is 1.69. The van der Waals surface area contributed by atoms with E-state index in [0.717, 1.165) is 28.2 Å². The molecule has 0 aliphatic heterocycles. The first-order valence-corrected chi connectivity index (χ1v) is 6.34. The fourth-order valence-electron chi connectivity index (χ4n) is 2.11. The first-order chi connectivity index (χ1) is 9.76. The Morgan fingerprint density at radius 2 is 1.95 bits per heavy atom. The van der Waals surface area contributed by atoms with Crippen LogP contribution in [0.3, 0.4) is 0 Å². The van der Waals surface area contributed by atoms with Crippen LogP contribution < -0.4 is 10.1 Å². The van der Waals surface area contributed by atoms with Crippen molar-refractivity contribution >= 4 is 16.7 Å². The standard InChI is InChI=1S/C16H15NO3/c1-19-15-4-2-3-11-9-14(20-16(11)15)10-17-12-5-7-13(18)8-6-12/h2-9,17-18H,10H2,1H3. The monoisotopic (exact) mass is 269 g/mol. The van der Waals surface area contributed by atoms with Crippen molar-refractivity contribution in [2.24, 2.45) is 0 Å². The van der Waals surface area contributed by atoms with Crippen LogP contribution in [0.1, 0.15) is 5.76 Å². The van der Waals surface area contributed by atoms with Gasteiger partial charge in [0.2, 0.25) is 0 Å². The second kappa shape index (κ2) is 5.17. The molecule has 0 spiro atoms. The zero-order chi connectivity index (χ0) is 13.9. The van der Waals surface area contributed by atoms with Crippen molar-refractivity contribution in [1.82, 2.24) is 0 Å². The highest BCUT2D eigenvalue weighted by atomic mass is 16.5. The van der Waals surface area contributed by atoms with Crippen molar-refractivity contribution in [3.05, 3.63) is 54.3 Å². The van der Waals surface area contributed by atoms with Crippen LogP contribution >= 0.6 is 0 Å². The number of methoxy groups -OCH3 is 1. The van der Waals surface area contributed by atoms with E-state index in [4.69, 9.17) is 9.15 Å². The summed E-state index contributed by atoms with van der Waals surface area (Å²) in [4.78, 5) is 0. The van der Waals surface area contributed by atoms with Gasteiger partial charge in [-0.05, 0) is 36.4 Å². The summed E-state index contributed by atoms with van der Waals surface area (Å²) in [6.45, 7) is 0.572. The molecule has 2 aromatic carbocycles. The second-order valence-electron chi connectivity index (χ2n) is 4.49. The fourth-order valence-corrected chi connectivity index (χ4v) is 2.11. The summed E-state index contributed by atoms with van der Waals surface area (Å²) in [5.74, 6) is 1.82. The van der Waals surface area contributed by atoms with Crippen LogP contribution in [0.2, 0.25) is 0 Å². The summed E-state index contributed by atoms with van der Waals surface area (Å²) in [6, 6.07) is 14.7. The van der Waals surface area contributed by atoms with Gasteiger partial charge < -0.3 is 19.6 Å². The number of fused-ring (bicyclic) bond motifs is 1. The number of ether oxygens (including phenoxy) is 1. The molecule has 4 nitrogen and oxygen atoms in total. The van der Waals surface area contributed by atoms with Gasteiger partial charge in [0.25, 0.3) is 0 Å². The molecule has 0 atom stereocenters. The van der Waals surface area contributed by atoms with Crippen LogP contribution in [0.5, 0.6) is 11.5 Å². The Labute approximate surface area is 116 Å². The first kappa shape index (κ1) is 12.4. The van der Waals surface area contributed by atoms with Gasteiger partial charge in [-0.25, -0.2) is 0 Å². The maximum absolute atomic E-state index is 9.23. The SMILES string of the molecule is COc1cccc2cc(CNc3ccc(O)cc3)oc12. The first-order valence-electron chi connectivity index (χ1n) is 6.34. The maximum atomic E-state index is 9.23. The molecule has 0 aliphatic rings. The molecule has 0 aliphatic carbocycles. The number of aromatic hydroxyl groups is 1. The van der Waals surface area contributed by atoms with Gasteiger partial charge >= 0.3 is 0 Å². The van der Waals surface area contributed by atoms with Gasteiger partial charge in [-0.3, -0.25) is 0 Å². The van der Waals surface area contributed by atoms with Gasteiger partial charge in [0.1, 0.15) is 11.5 Å². The smallest absolute Gasteiger partial charge is 0.176 e. The molecule has 1 heterocycles. The Morgan fingerprint density at radius 3 is 2.70 bits per heavy atom. The lowest BCUT2D eigenvalue weighted by Gasteiger charge is -2.04. The summed E-state index contributed by atoms with van der Waals surface area (Å²) >= 11 is 0. The minimum absolute atomic E-state index is 0.254. The summed E-state index contributed by atoms with van der Waals surface area (Å²) in [5, 5.41) is 13.5. The third-order valence-electron chi connectivity index (χ3n) is 3.11. The van der Waals surface area contributed by atoms with E-state index in [9.17, 15) is 5.11 Å². The fraction of sp³-hybridized carbons (Fsp3) is 0.125. The topological polar surface area (TPSA) is 54.6 Å². The molecular formula is C16H15NO3. The molecule has 4 heteroatoms. The molecule has 0 amide bonds. The second-order valence-corrected chi connectivity index (χ2v) is 4.49. The molecule has 0 saturated carbocycles. The molecule has 2 N–H and O–H groups in total. The average Bonchev–Trinajstić information content (AvgIpc) is 2.89. The van der Waals surface area contributed by atoms with Crippen molar-refractivity contribution in [3.8, 4) is 11.5 Å². The summed E-state index contributed by atoms with van der Waals surface area (Å²) < 4.78 is 11.1. The minimum Gasteiger partial charge on any atom is -0.508 e. The molecule has 0 unspecified atom stereocenters. The van der Waals surface area contributed by atoms with Gasteiger partial charge in [-0.2, -0.15) is 0 Å². The minimum atomic E-state index is 0.254. The zero-order valence-corrected chi connectivity index (χ0v) is 11.1. The number of hydrogen-bond acceptors (Lipinski definition) is 4. The van der Waals surface area contributed by atoms with E-state index < -0.39 is 0 Å². The molecule has 0 radical (unpaired) electrons. The van der Waals surface area contributed by atoms with Crippen molar-refractivity contribution in [2.75, 3.05) is 12.4 Å². The largest absolute Gasteiger partial charge is 0.508 e. The highest BCUT2D eigenvalue weighted by Gasteiger charge is 2.08. The Balaban J connectivity index is 1.79. The predicted octanol–water partition coefficient (Wildman–Crippen LogP) is 3.76. The van der Waals surface area contributed by atoms with Crippen LogP contribution in [0.25, 0.3) is 11.0 Å². The van der Waals surface area contributed by atoms with Crippen LogP contribution in [0.15, 0.2) is 52.9 Å². The number of hydrogen-bond donors (Lipinski definition) is 2. The van der Waals surface area contributed by atoms with E-state index in [-0.39, 0.29) is 5.75 Å². The summed E-state index contributed by atoms with van der Waals surface area (Å²) in [7, 11) is 1.63. The predicted molar refractivity (Wildman–Crippen MR) is 78.2 cm³/mol. The van der Waals surface area contributed by atoms with E-state index in [1.165, 1.54) is 0 Å². The average molecular weight is 269 g/mol. The quantitative estimate of drug-likeness (QED) is 0.708. The molecule has 3 aromatic rings. The third-order valence-corrected chi connectivity index (χ3v) is 3.11. The van der Waals surface area contributed by atoms with E-state index in [2.05, 4.69) is 5.32 Å². The molecule has 0 fully saturated rings. The van der Waals surface area contributed by atoms with Crippen LogP contribution in [0, 0.1) is 0 Å². The number of anilines is 1. The normalized spacial score (nSPS) is 10.7. The van der Waals surface area contributed by atoms with Crippen LogP contribution in [-0.2, 0) is 6.54 Å². The molecule has 0 saturated heterocycles. The number of rotatable bonds is 4. The van der Waals surface area contributed by atoms with Crippen molar-refractivity contribution < 1.29 is 14.3 Å². The lowest BCUT2D eigenvalue weighted by atomic mass is 10.2. The molecule has 0 bridgehead atoms.